The fourth-order valence-corrected chi connectivity index (χ4v) is 1.89. The van der Waals surface area contributed by atoms with Gasteiger partial charge >= 0.3 is 5.97 Å². The minimum absolute atomic E-state index is 0.373. The number of allylic oxidation sites excluding steroid dienone is 1. The molecule has 0 amide bonds. The molecule has 0 aliphatic heterocycles. The third-order valence-electron chi connectivity index (χ3n) is 3.04. The summed E-state index contributed by atoms with van der Waals surface area (Å²) in [6, 6.07) is 16.9. The number of ether oxygens (including phenoxy) is 1. The van der Waals surface area contributed by atoms with Gasteiger partial charge in [-0.2, -0.15) is 5.26 Å². The number of aryl methyl sites for hydroxylation is 1. The van der Waals surface area contributed by atoms with Crippen LogP contribution in [0.25, 0.3) is 11.6 Å². The van der Waals surface area contributed by atoms with Crippen molar-refractivity contribution < 1.29 is 14.6 Å². The molecule has 0 aliphatic rings. The van der Waals surface area contributed by atoms with E-state index in [1.807, 2.05) is 31.2 Å². The van der Waals surface area contributed by atoms with Gasteiger partial charge in [-0.3, -0.25) is 0 Å². The molecule has 0 atom stereocenters. The molecule has 0 spiro atoms. The Labute approximate surface area is 128 Å². The third kappa shape index (κ3) is 4.22. The first kappa shape index (κ1) is 15.3. The zero-order chi connectivity index (χ0) is 15.9. The van der Waals surface area contributed by atoms with Crippen LogP contribution in [0, 0.1) is 18.3 Å². The van der Waals surface area contributed by atoms with Crippen LogP contribution in [-0.2, 0) is 4.79 Å². The minimum Gasteiger partial charge on any atom is -0.482 e. The van der Waals surface area contributed by atoms with Crippen LogP contribution >= 0.6 is 0 Å². The highest BCUT2D eigenvalue weighted by molar-refractivity contribution is 5.89. The van der Waals surface area contributed by atoms with E-state index in [9.17, 15) is 10.1 Å². The number of nitrogens with zero attached hydrogens (tertiary/aromatic N) is 1. The Bertz CT molecular complexity index is 722. The molecule has 22 heavy (non-hydrogen) atoms. The summed E-state index contributed by atoms with van der Waals surface area (Å²) in [5.41, 5.74) is 3.42. The standard InChI is InChI=1S/C18H15NO3/c1-13-2-6-15(7-3-13)16(11-19)10-14-4-8-17(9-5-14)22-12-18(20)21/h2-10H,12H2,1H3,(H,20,21)/b16-10+. The first-order chi connectivity index (χ1) is 10.6. The average Bonchev–Trinajstić information content (AvgIpc) is 2.52. The van der Waals surface area contributed by atoms with Crippen LogP contribution in [-0.4, -0.2) is 17.7 Å². The summed E-state index contributed by atoms with van der Waals surface area (Å²) >= 11 is 0. The summed E-state index contributed by atoms with van der Waals surface area (Å²) in [6.07, 6.45) is 1.78. The highest BCUT2D eigenvalue weighted by Crippen LogP contribution is 2.20. The predicted molar refractivity (Wildman–Crippen MR) is 84.2 cm³/mol. The van der Waals surface area contributed by atoms with Gasteiger partial charge in [0.05, 0.1) is 11.6 Å². The zero-order valence-corrected chi connectivity index (χ0v) is 12.1. The molecule has 0 heterocycles. The van der Waals surface area contributed by atoms with Gasteiger partial charge in [0.25, 0.3) is 0 Å². The lowest BCUT2D eigenvalue weighted by atomic mass is 10.0. The molecule has 0 unspecified atom stereocenters. The second kappa shape index (κ2) is 7.09. The van der Waals surface area contributed by atoms with E-state index in [0.717, 1.165) is 16.7 Å². The first-order valence-electron chi connectivity index (χ1n) is 6.72. The van der Waals surface area contributed by atoms with Gasteiger partial charge in [-0.25, -0.2) is 4.79 Å². The van der Waals surface area contributed by atoms with E-state index in [2.05, 4.69) is 6.07 Å². The molecule has 2 aromatic carbocycles. The van der Waals surface area contributed by atoms with Crippen LogP contribution in [0.2, 0.25) is 0 Å². The Morgan fingerprint density at radius 3 is 2.36 bits per heavy atom. The number of carbonyl (C=O) groups is 1. The van der Waals surface area contributed by atoms with Crippen molar-refractivity contribution in [3.8, 4) is 11.8 Å². The van der Waals surface area contributed by atoms with Crippen molar-refractivity contribution in [1.29, 1.82) is 5.26 Å². The van der Waals surface area contributed by atoms with Crippen LogP contribution in [0.3, 0.4) is 0 Å². The second-order valence-corrected chi connectivity index (χ2v) is 4.79. The topological polar surface area (TPSA) is 70.3 Å². The Balaban J connectivity index is 2.18. The highest BCUT2D eigenvalue weighted by atomic mass is 16.5. The fraction of sp³-hybridized carbons (Fsp3) is 0.111. The van der Waals surface area contributed by atoms with E-state index in [-0.39, 0.29) is 6.61 Å². The Kier molecular flexibility index (Phi) is 4.94. The van der Waals surface area contributed by atoms with Gasteiger partial charge in [-0.05, 0) is 36.3 Å². The van der Waals surface area contributed by atoms with Gasteiger partial charge in [0.2, 0.25) is 0 Å². The third-order valence-corrected chi connectivity index (χ3v) is 3.04. The Hall–Kier alpha value is -3.06. The lowest BCUT2D eigenvalue weighted by Gasteiger charge is -2.04. The number of carboxylic acids is 1. The van der Waals surface area contributed by atoms with Crippen LogP contribution in [0.1, 0.15) is 16.7 Å². The van der Waals surface area contributed by atoms with Crippen molar-refractivity contribution in [2.24, 2.45) is 0 Å². The molecule has 0 radical (unpaired) electrons. The van der Waals surface area contributed by atoms with Gasteiger partial charge in [-0.1, -0.05) is 42.0 Å². The monoisotopic (exact) mass is 293 g/mol. The molecule has 0 saturated carbocycles. The molecule has 0 saturated heterocycles. The van der Waals surface area contributed by atoms with Crippen LogP contribution in [0.15, 0.2) is 48.5 Å². The molecule has 110 valence electrons. The van der Waals surface area contributed by atoms with Crippen LogP contribution in [0.5, 0.6) is 5.75 Å². The molecule has 2 aromatic rings. The zero-order valence-electron chi connectivity index (χ0n) is 12.1. The van der Waals surface area contributed by atoms with E-state index in [1.165, 1.54) is 0 Å². The van der Waals surface area contributed by atoms with Crippen molar-refractivity contribution in [1.82, 2.24) is 0 Å². The number of rotatable bonds is 5. The lowest BCUT2D eigenvalue weighted by Crippen LogP contribution is -2.09. The van der Waals surface area contributed by atoms with Gasteiger partial charge in [0.1, 0.15) is 5.75 Å². The second-order valence-electron chi connectivity index (χ2n) is 4.79. The van der Waals surface area contributed by atoms with Gasteiger partial charge in [0.15, 0.2) is 6.61 Å². The normalized spacial score (nSPS) is 10.8. The fourth-order valence-electron chi connectivity index (χ4n) is 1.89. The molecule has 0 aliphatic carbocycles. The molecule has 0 bridgehead atoms. The molecule has 4 nitrogen and oxygen atoms in total. The SMILES string of the molecule is Cc1ccc(/C(C#N)=C/c2ccc(OCC(=O)O)cc2)cc1. The van der Waals surface area contributed by atoms with Crippen molar-refractivity contribution >= 4 is 17.6 Å². The van der Waals surface area contributed by atoms with Crippen LogP contribution < -0.4 is 4.74 Å². The maximum Gasteiger partial charge on any atom is 0.341 e. The molecule has 1 N–H and O–H groups in total. The maximum absolute atomic E-state index is 10.4. The molecular formula is C18H15NO3. The molecule has 4 heteroatoms. The van der Waals surface area contributed by atoms with Crippen molar-refractivity contribution in [2.45, 2.75) is 6.92 Å². The largest absolute Gasteiger partial charge is 0.482 e. The van der Waals surface area contributed by atoms with Gasteiger partial charge in [-0.15, -0.1) is 0 Å². The maximum atomic E-state index is 10.4. The number of benzene rings is 2. The highest BCUT2D eigenvalue weighted by Gasteiger charge is 2.02. The van der Waals surface area contributed by atoms with Crippen molar-refractivity contribution in [3.63, 3.8) is 0 Å². The van der Waals surface area contributed by atoms with Gasteiger partial charge < -0.3 is 9.84 Å². The van der Waals surface area contributed by atoms with E-state index in [4.69, 9.17) is 9.84 Å². The Morgan fingerprint density at radius 2 is 1.82 bits per heavy atom. The van der Waals surface area contributed by atoms with E-state index >= 15 is 0 Å². The number of nitriles is 1. The molecule has 0 aromatic heterocycles. The quantitative estimate of drug-likeness (QED) is 0.676. The number of aliphatic carboxylic acids is 1. The summed E-state index contributed by atoms with van der Waals surface area (Å²) in [6.45, 7) is 1.62. The van der Waals surface area contributed by atoms with Crippen molar-refractivity contribution in [2.75, 3.05) is 6.61 Å². The molecule has 0 fully saturated rings. The molecular weight excluding hydrogens is 278 g/mol. The lowest BCUT2D eigenvalue weighted by molar-refractivity contribution is -0.139. The number of carboxylic acid groups (broad SMARTS) is 1. The van der Waals surface area contributed by atoms with E-state index < -0.39 is 5.97 Å². The summed E-state index contributed by atoms with van der Waals surface area (Å²) in [5, 5.41) is 17.9. The van der Waals surface area contributed by atoms with E-state index in [0.29, 0.717) is 11.3 Å². The number of hydrogen-bond acceptors (Lipinski definition) is 3. The van der Waals surface area contributed by atoms with E-state index in [1.54, 1.807) is 30.3 Å². The van der Waals surface area contributed by atoms with Crippen molar-refractivity contribution in [3.05, 3.63) is 65.2 Å². The van der Waals surface area contributed by atoms with Crippen LogP contribution in [0.4, 0.5) is 0 Å². The average molecular weight is 293 g/mol. The number of hydrogen-bond donors (Lipinski definition) is 1. The summed E-state index contributed by atoms with van der Waals surface area (Å²) < 4.78 is 5.07. The molecule has 2 rings (SSSR count). The summed E-state index contributed by atoms with van der Waals surface area (Å²) in [5.74, 6) is -0.538. The summed E-state index contributed by atoms with van der Waals surface area (Å²) in [4.78, 5) is 10.4. The minimum atomic E-state index is -1.02. The first-order valence-corrected chi connectivity index (χ1v) is 6.72. The van der Waals surface area contributed by atoms with Gasteiger partial charge in [0, 0.05) is 0 Å². The Morgan fingerprint density at radius 1 is 1.18 bits per heavy atom. The predicted octanol–water partition coefficient (Wildman–Crippen LogP) is 3.52. The smallest absolute Gasteiger partial charge is 0.341 e. The summed E-state index contributed by atoms with van der Waals surface area (Å²) in [7, 11) is 0.